The van der Waals surface area contributed by atoms with Crippen molar-refractivity contribution in [2.45, 2.75) is 10.1 Å². The first-order valence-electron chi connectivity index (χ1n) is 9.13. The molecule has 30 heavy (non-hydrogen) atoms. The number of benzene rings is 3. The lowest BCUT2D eigenvalue weighted by Gasteiger charge is -2.04. The molecule has 0 N–H and O–H groups in total. The number of aromatic nitrogens is 1. The van der Waals surface area contributed by atoms with Gasteiger partial charge in [0.15, 0.2) is 5.76 Å². The third-order valence-corrected chi connectivity index (χ3v) is 6.13. The Balaban J connectivity index is 1.88. The van der Waals surface area contributed by atoms with Crippen LogP contribution in [0.5, 0.6) is 11.5 Å². The maximum atomic E-state index is 13.1. The molecule has 0 spiro atoms. The van der Waals surface area contributed by atoms with Crippen LogP contribution in [0.25, 0.3) is 22.6 Å². The second-order valence-corrected chi connectivity index (χ2v) is 8.26. The maximum absolute atomic E-state index is 13.1. The van der Waals surface area contributed by atoms with E-state index in [0.29, 0.717) is 34.1 Å². The Morgan fingerprint density at radius 1 is 0.733 bits per heavy atom. The minimum Gasteiger partial charge on any atom is -0.497 e. The van der Waals surface area contributed by atoms with Crippen LogP contribution in [0.4, 0.5) is 0 Å². The largest absolute Gasteiger partial charge is 0.497 e. The number of hydrogen-bond acceptors (Lipinski definition) is 6. The van der Waals surface area contributed by atoms with Crippen LogP contribution >= 0.6 is 0 Å². The Labute approximate surface area is 174 Å². The summed E-state index contributed by atoms with van der Waals surface area (Å²) in [5, 5.41) is -0.356. The highest BCUT2D eigenvalue weighted by molar-refractivity contribution is 7.91. The van der Waals surface area contributed by atoms with Crippen LogP contribution in [0.2, 0.25) is 0 Å². The summed E-state index contributed by atoms with van der Waals surface area (Å²) in [4.78, 5) is 4.50. The first-order valence-corrected chi connectivity index (χ1v) is 10.6. The first kappa shape index (κ1) is 19.7. The standard InChI is InChI=1S/C23H19NO5S/c1-27-18-12-8-16(9-13-18)21-22(17-10-14-19(28-2)15-11-17)29-23(24-21)30(25,26)20-6-4-3-5-7-20/h3-15H,1-2H3. The molecular weight excluding hydrogens is 402 g/mol. The Morgan fingerprint density at radius 2 is 1.27 bits per heavy atom. The molecule has 4 aromatic rings. The van der Waals surface area contributed by atoms with Gasteiger partial charge in [-0.25, -0.2) is 8.42 Å². The average molecular weight is 421 g/mol. The van der Waals surface area contributed by atoms with Crippen molar-refractivity contribution < 1.29 is 22.3 Å². The predicted molar refractivity (Wildman–Crippen MR) is 112 cm³/mol. The van der Waals surface area contributed by atoms with E-state index in [1.807, 2.05) is 12.1 Å². The van der Waals surface area contributed by atoms with Crippen LogP contribution in [0.3, 0.4) is 0 Å². The molecule has 0 radical (unpaired) electrons. The van der Waals surface area contributed by atoms with Gasteiger partial charge in [0, 0.05) is 11.1 Å². The molecule has 0 aliphatic heterocycles. The van der Waals surface area contributed by atoms with E-state index >= 15 is 0 Å². The lowest BCUT2D eigenvalue weighted by Crippen LogP contribution is -2.02. The molecule has 0 amide bonds. The van der Waals surface area contributed by atoms with Crippen molar-refractivity contribution in [2.24, 2.45) is 0 Å². The molecule has 0 aliphatic carbocycles. The molecule has 6 nitrogen and oxygen atoms in total. The zero-order chi connectivity index (χ0) is 21.1. The van der Waals surface area contributed by atoms with Crippen molar-refractivity contribution >= 4 is 9.84 Å². The molecule has 152 valence electrons. The minimum absolute atomic E-state index is 0.119. The predicted octanol–water partition coefficient (Wildman–Crippen LogP) is 4.86. The third kappa shape index (κ3) is 3.67. The molecule has 1 aromatic heterocycles. The summed E-state index contributed by atoms with van der Waals surface area (Å²) in [6.45, 7) is 0. The Kier molecular flexibility index (Phi) is 5.29. The van der Waals surface area contributed by atoms with Crippen molar-refractivity contribution in [1.82, 2.24) is 4.98 Å². The van der Waals surface area contributed by atoms with E-state index in [-0.39, 0.29) is 10.1 Å². The second-order valence-electron chi connectivity index (χ2n) is 6.43. The summed E-state index contributed by atoms with van der Waals surface area (Å²) >= 11 is 0. The monoisotopic (exact) mass is 421 g/mol. The van der Waals surface area contributed by atoms with Gasteiger partial charge in [-0.2, -0.15) is 4.98 Å². The van der Waals surface area contributed by atoms with Gasteiger partial charge in [-0.05, 0) is 60.7 Å². The molecule has 0 atom stereocenters. The van der Waals surface area contributed by atoms with E-state index in [1.54, 1.807) is 68.8 Å². The molecule has 1 heterocycles. The normalized spacial score (nSPS) is 11.3. The highest BCUT2D eigenvalue weighted by Gasteiger charge is 2.27. The van der Waals surface area contributed by atoms with Gasteiger partial charge in [-0.1, -0.05) is 18.2 Å². The van der Waals surface area contributed by atoms with Gasteiger partial charge >= 0.3 is 5.22 Å². The van der Waals surface area contributed by atoms with Crippen LogP contribution in [0.1, 0.15) is 0 Å². The van der Waals surface area contributed by atoms with E-state index in [0.717, 1.165) is 0 Å². The molecule has 0 aliphatic rings. The van der Waals surface area contributed by atoms with E-state index in [2.05, 4.69) is 4.98 Å². The number of oxazole rings is 1. The van der Waals surface area contributed by atoms with Crippen LogP contribution in [-0.4, -0.2) is 27.6 Å². The van der Waals surface area contributed by atoms with E-state index in [1.165, 1.54) is 12.1 Å². The number of rotatable bonds is 6. The highest BCUT2D eigenvalue weighted by Crippen LogP contribution is 2.36. The Morgan fingerprint density at radius 3 is 1.80 bits per heavy atom. The minimum atomic E-state index is -3.91. The van der Waals surface area contributed by atoms with Crippen molar-refractivity contribution in [3.63, 3.8) is 0 Å². The molecule has 0 unspecified atom stereocenters. The van der Waals surface area contributed by atoms with Crippen molar-refractivity contribution in [1.29, 1.82) is 0 Å². The molecule has 7 heteroatoms. The summed E-state index contributed by atoms with van der Waals surface area (Å²) in [6.07, 6.45) is 0. The van der Waals surface area contributed by atoms with Gasteiger partial charge in [-0.15, -0.1) is 0 Å². The Bertz CT molecular complexity index is 1180. The molecule has 0 fully saturated rings. The topological polar surface area (TPSA) is 78.6 Å². The van der Waals surface area contributed by atoms with E-state index in [4.69, 9.17) is 13.9 Å². The molecule has 0 bridgehead atoms. The zero-order valence-electron chi connectivity index (χ0n) is 16.4. The lowest BCUT2D eigenvalue weighted by molar-refractivity contribution is 0.414. The van der Waals surface area contributed by atoms with Crippen LogP contribution in [0.15, 0.2) is 93.4 Å². The lowest BCUT2D eigenvalue weighted by atomic mass is 10.1. The van der Waals surface area contributed by atoms with Gasteiger partial charge in [-0.3, -0.25) is 0 Å². The molecular formula is C23H19NO5S. The van der Waals surface area contributed by atoms with Gasteiger partial charge in [0.2, 0.25) is 0 Å². The van der Waals surface area contributed by atoms with Gasteiger partial charge in [0.1, 0.15) is 17.2 Å². The van der Waals surface area contributed by atoms with E-state index in [9.17, 15) is 8.42 Å². The quantitative estimate of drug-likeness (QED) is 0.442. The summed E-state index contributed by atoms with van der Waals surface area (Å²) in [5.74, 6) is 1.73. The van der Waals surface area contributed by atoms with Crippen LogP contribution in [0, 0.1) is 0 Å². The third-order valence-electron chi connectivity index (χ3n) is 4.61. The summed E-state index contributed by atoms with van der Waals surface area (Å²) in [7, 11) is -0.748. The fourth-order valence-electron chi connectivity index (χ4n) is 3.00. The van der Waals surface area contributed by atoms with Crippen molar-refractivity contribution in [3.8, 4) is 34.1 Å². The average Bonchev–Trinajstić information content (AvgIpc) is 3.26. The number of sulfone groups is 1. The molecule has 4 rings (SSSR count). The van der Waals surface area contributed by atoms with Crippen LogP contribution < -0.4 is 9.47 Å². The van der Waals surface area contributed by atoms with Gasteiger partial charge < -0.3 is 13.9 Å². The number of nitrogens with zero attached hydrogens (tertiary/aromatic N) is 1. The first-order chi connectivity index (χ1) is 14.5. The molecule has 3 aromatic carbocycles. The second kappa shape index (κ2) is 8.04. The summed E-state index contributed by atoms with van der Waals surface area (Å²) in [6, 6.07) is 22.4. The molecule has 0 saturated heterocycles. The van der Waals surface area contributed by atoms with Crippen molar-refractivity contribution in [3.05, 3.63) is 78.9 Å². The highest BCUT2D eigenvalue weighted by atomic mass is 32.2. The van der Waals surface area contributed by atoms with Gasteiger partial charge in [0.05, 0.1) is 19.1 Å². The summed E-state index contributed by atoms with van der Waals surface area (Å²) in [5.41, 5.74) is 1.82. The Hall–Kier alpha value is -3.58. The zero-order valence-corrected chi connectivity index (χ0v) is 17.2. The van der Waals surface area contributed by atoms with E-state index < -0.39 is 9.84 Å². The fraction of sp³-hybridized carbons (Fsp3) is 0.0870. The van der Waals surface area contributed by atoms with Crippen LogP contribution in [-0.2, 0) is 9.84 Å². The summed E-state index contributed by atoms with van der Waals surface area (Å²) < 4.78 is 42.4. The number of hydrogen-bond donors (Lipinski definition) is 0. The SMILES string of the molecule is COc1ccc(-c2nc(S(=O)(=O)c3ccccc3)oc2-c2ccc(OC)cc2)cc1. The maximum Gasteiger partial charge on any atom is 0.321 e. The number of methoxy groups -OCH3 is 2. The molecule has 0 saturated carbocycles. The fourth-order valence-corrected chi connectivity index (χ4v) is 4.12. The van der Waals surface area contributed by atoms with Gasteiger partial charge in [0.25, 0.3) is 9.84 Å². The van der Waals surface area contributed by atoms with Crippen molar-refractivity contribution in [2.75, 3.05) is 14.2 Å². The smallest absolute Gasteiger partial charge is 0.321 e. The number of ether oxygens (including phenoxy) is 2.